The maximum Gasteiger partial charge on any atom is 0.224 e. The molecule has 2 atom stereocenters. The molecule has 1 N–H and O–H groups in total. The second-order valence-electron chi connectivity index (χ2n) is 11.8. The molecule has 0 saturated carbocycles. The van der Waals surface area contributed by atoms with E-state index in [9.17, 15) is 14.4 Å². The van der Waals surface area contributed by atoms with Crippen molar-refractivity contribution < 1.29 is 23.9 Å². The molecule has 1 aromatic carbocycles. The van der Waals surface area contributed by atoms with E-state index >= 15 is 0 Å². The van der Waals surface area contributed by atoms with Crippen LogP contribution in [0.2, 0.25) is 0 Å². The zero-order valence-corrected chi connectivity index (χ0v) is 25.6. The molecule has 0 unspecified atom stereocenters. The first kappa shape index (κ1) is 31.5. The molecule has 0 bridgehead atoms. The molecule has 1 amide bonds. The molecule has 2 fully saturated rings. The highest BCUT2D eigenvalue weighted by Crippen LogP contribution is 2.29. The molecule has 2 saturated heterocycles. The average Bonchev–Trinajstić information content (AvgIpc) is 3.37. The van der Waals surface area contributed by atoms with Crippen molar-refractivity contribution in [2.75, 3.05) is 46.1 Å². The summed E-state index contributed by atoms with van der Waals surface area (Å²) < 4.78 is 12.1. The number of rotatable bonds is 14. The lowest BCUT2D eigenvalue weighted by molar-refractivity contribution is -0.130. The number of ether oxygens (including phenoxy) is 2. The third-order valence-corrected chi connectivity index (χ3v) is 9.25. The Kier molecular flexibility index (Phi) is 11.6. The van der Waals surface area contributed by atoms with E-state index in [1.165, 1.54) is 12.5 Å². The van der Waals surface area contributed by atoms with Crippen LogP contribution in [0.3, 0.4) is 0 Å². The van der Waals surface area contributed by atoms with Crippen LogP contribution in [-0.4, -0.2) is 79.5 Å². The minimum atomic E-state index is -0.507. The summed E-state index contributed by atoms with van der Waals surface area (Å²) in [6.07, 6.45) is 3.12. The fourth-order valence-corrected chi connectivity index (χ4v) is 6.77. The van der Waals surface area contributed by atoms with E-state index in [0.717, 1.165) is 41.2 Å². The molecule has 0 spiro atoms. The first-order valence-corrected chi connectivity index (χ1v) is 15.8. The Morgan fingerprint density at radius 2 is 1.83 bits per heavy atom. The topological polar surface area (TPSA) is 97.8 Å². The largest absolute Gasteiger partial charge is 0.381 e. The highest BCUT2D eigenvalue weighted by Gasteiger charge is 2.30. The molecular formula is C32H45N3O5S. The highest BCUT2D eigenvalue weighted by molar-refractivity contribution is 7.18. The van der Waals surface area contributed by atoms with Crippen molar-refractivity contribution in [2.24, 2.45) is 11.8 Å². The third-order valence-electron chi connectivity index (χ3n) is 8.21. The number of morpholine rings is 1. The molecule has 3 heterocycles. The summed E-state index contributed by atoms with van der Waals surface area (Å²) in [4.78, 5) is 45.9. The molecular weight excluding hydrogens is 538 g/mol. The smallest absolute Gasteiger partial charge is 0.224 e. The SMILES string of the molecule is C=C(CN1CCOCC1)C(=O)CC[C@@H](NC(=O)[C@@H](CC(C)=O)Cc1nc2ccc(C(C)C)cc2s1)C1CCOCC1. The van der Waals surface area contributed by atoms with Gasteiger partial charge in [-0.1, -0.05) is 26.5 Å². The van der Waals surface area contributed by atoms with Gasteiger partial charge in [0.25, 0.3) is 0 Å². The zero-order chi connectivity index (χ0) is 29.4. The summed E-state index contributed by atoms with van der Waals surface area (Å²) in [6, 6.07) is 6.15. The van der Waals surface area contributed by atoms with E-state index in [-0.39, 0.29) is 35.9 Å². The van der Waals surface area contributed by atoms with Gasteiger partial charge in [-0.3, -0.25) is 14.5 Å². The first-order chi connectivity index (χ1) is 19.7. The Bertz CT molecular complexity index is 1210. The van der Waals surface area contributed by atoms with Gasteiger partial charge in [0.05, 0.1) is 34.4 Å². The minimum Gasteiger partial charge on any atom is -0.381 e. The van der Waals surface area contributed by atoms with E-state index in [4.69, 9.17) is 14.5 Å². The molecule has 1 aromatic heterocycles. The molecule has 0 radical (unpaired) electrons. The van der Waals surface area contributed by atoms with Gasteiger partial charge in [-0.25, -0.2) is 4.98 Å². The normalized spacial score (nSPS) is 18.3. The van der Waals surface area contributed by atoms with Crippen molar-refractivity contribution in [2.45, 2.75) is 71.3 Å². The van der Waals surface area contributed by atoms with Crippen LogP contribution in [0.1, 0.15) is 69.4 Å². The Morgan fingerprint density at radius 3 is 2.51 bits per heavy atom. The van der Waals surface area contributed by atoms with Crippen LogP contribution in [0.15, 0.2) is 30.4 Å². The molecule has 2 aliphatic rings. The van der Waals surface area contributed by atoms with Crippen LogP contribution in [0.4, 0.5) is 0 Å². The van der Waals surface area contributed by atoms with Gasteiger partial charge in [0.15, 0.2) is 5.78 Å². The van der Waals surface area contributed by atoms with Crippen molar-refractivity contribution in [1.82, 2.24) is 15.2 Å². The predicted molar refractivity (Wildman–Crippen MR) is 162 cm³/mol. The Hall–Kier alpha value is -2.46. The van der Waals surface area contributed by atoms with Gasteiger partial charge in [-0.2, -0.15) is 0 Å². The number of nitrogens with zero attached hydrogens (tertiary/aromatic N) is 2. The second-order valence-corrected chi connectivity index (χ2v) is 12.9. The standard InChI is InChI=1S/C32H45N3O5S/c1-21(2)25-5-6-28-30(18-25)41-31(33-28)19-26(17-23(4)36)32(38)34-27(24-9-13-39-14-10-24)7-8-29(37)22(3)20-35-11-15-40-16-12-35/h5-6,18,21,24,26-27H,3,7-17,19-20H2,1-2,4H3,(H,34,38)/t26-,27+/m0/s1. The van der Waals surface area contributed by atoms with Crippen molar-refractivity contribution in [3.8, 4) is 0 Å². The maximum atomic E-state index is 13.7. The number of ketones is 2. The van der Waals surface area contributed by atoms with Gasteiger partial charge in [-0.05, 0) is 55.7 Å². The summed E-state index contributed by atoms with van der Waals surface area (Å²) in [7, 11) is 0. The number of amides is 1. The summed E-state index contributed by atoms with van der Waals surface area (Å²) in [6.45, 7) is 14.7. The monoisotopic (exact) mass is 583 g/mol. The van der Waals surface area contributed by atoms with Crippen molar-refractivity contribution in [3.05, 3.63) is 40.9 Å². The van der Waals surface area contributed by atoms with Gasteiger partial charge in [0.1, 0.15) is 5.78 Å². The zero-order valence-electron chi connectivity index (χ0n) is 24.8. The van der Waals surface area contributed by atoms with Crippen LogP contribution < -0.4 is 5.32 Å². The lowest BCUT2D eigenvalue weighted by Crippen LogP contribution is -2.46. The maximum absolute atomic E-state index is 13.7. The molecule has 0 aliphatic carbocycles. The Morgan fingerprint density at radius 1 is 1.12 bits per heavy atom. The molecule has 2 aliphatic heterocycles. The molecule has 9 heteroatoms. The highest BCUT2D eigenvalue weighted by atomic mass is 32.1. The number of nitrogens with one attached hydrogen (secondary N) is 1. The Labute approximate surface area is 247 Å². The lowest BCUT2D eigenvalue weighted by atomic mass is 9.87. The average molecular weight is 584 g/mol. The first-order valence-electron chi connectivity index (χ1n) is 15.0. The van der Waals surface area contributed by atoms with E-state index in [1.807, 2.05) is 6.07 Å². The third kappa shape index (κ3) is 9.26. The summed E-state index contributed by atoms with van der Waals surface area (Å²) >= 11 is 1.60. The number of fused-ring (bicyclic) bond motifs is 1. The van der Waals surface area contributed by atoms with Crippen LogP contribution in [0.5, 0.6) is 0 Å². The second kappa shape index (κ2) is 15.1. The minimum absolute atomic E-state index is 0.0226. The summed E-state index contributed by atoms with van der Waals surface area (Å²) in [5.41, 5.74) is 2.79. The van der Waals surface area contributed by atoms with Gasteiger partial charge in [0.2, 0.25) is 5.91 Å². The fraction of sp³-hybridized carbons (Fsp3) is 0.625. The molecule has 2 aromatic rings. The number of carbonyl (C=O) groups is 3. The van der Waals surface area contributed by atoms with Crippen LogP contribution in [-0.2, 0) is 30.3 Å². The van der Waals surface area contributed by atoms with Crippen LogP contribution >= 0.6 is 11.3 Å². The van der Waals surface area contributed by atoms with Crippen molar-refractivity contribution in [3.63, 3.8) is 0 Å². The predicted octanol–water partition coefficient (Wildman–Crippen LogP) is 4.71. The number of aromatic nitrogens is 1. The molecule has 224 valence electrons. The number of hydrogen-bond acceptors (Lipinski definition) is 8. The fourth-order valence-electron chi connectivity index (χ4n) is 5.68. The number of carbonyl (C=O) groups excluding carboxylic acids is 3. The van der Waals surface area contributed by atoms with E-state index in [0.29, 0.717) is 63.7 Å². The van der Waals surface area contributed by atoms with Crippen LogP contribution in [0, 0.1) is 11.8 Å². The number of hydrogen-bond donors (Lipinski definition) is 1. The lowest BCUT2D eigenvalue weighted by Gasteiger charge is -2.32. The van der Waals surface area contributed by atoms with E-state index in [1.54, 1.807) is 11.3 Å². The number of benzene rings is 1. The van der Waals surface area contributed by atoms with Crippen molar-refractivity contribution >= 4 is 39.0 Å². The quantitative estimate of drug-likeness (QED) is 0.322. The van der Waals surface area contributed by atoms with Gasteiger partial charge < -0.3 is 19.6 Å². The van der Waals surface area contributed by atoms with Gasteiger partial charge >= 0.3 is 0 Å². The van der Waals surface area contributed by atoms with Crippen LogP contribution in [0.25, 0.3) is 10.2 Å². The summed E-state index contributed by atoms with van der Waals surface area (Å²) in [5, 5.41) is 4.13. The molecule has 41 heavy (non-hydrogen) atoms. The number of Topliss-reactive ketones (excluding diaryl/α,β-unsaturated/α-hetero) is 2. The number of thiazole rings is 1. The van der Waals surface area contributed by atoms with Gasteiger partial charge in [-0.15, -0.1) is 11.3 Å². The Balaban J connectivity index is 1.42. The molecule has 8 nitrogen and oxygen atoms in total. The van der Waals surface area contributed by atoms with Gasteiger partial charge in [0, 0.05) is 63.7 Å². The van der Waals surface area contributed by atoms with E-state index in [2.05, 4.69) is 42.8 Å². The van der Waals surface area contributed by atoms with E-state index < -0.39 is 5.92 Å². The summed E-state index contributed by atoms with van der Waals surface area (Å²) in [5.74, 6) is 0.0175. The van der Waals surface area contributed by atoms with Crippen molar-refractivity contribution in [1.29, 1.82) is 0 Å². The molecule has 4 rings (SSSR count).